The van der Waals surface area contributed by atoms with Crippen molar-refractivity contribution in [2.24, 2.45) is 5.92 Å². The molecule has 0 saturated carbocycles. The largest absolute Gasteiger partial charge is 0.494 e. The zero-order chi connectivity index (χ0) is 14.5. The summed E-state index contributed by atoms with van der Waals surface area (Å²) in [4.78, 5) is 0.162. The minimum atomic E-state index is -3.61. The highest BCUT2D eigenvalue weighted by Gasteiger charge is 2.21. The summed E-state index contributed by atoms with van der Waals surface area (Å²) in [5.74, 6) is 0.645. The number of rotatable bonds is 7. The molecule has 1 atom stereocenters. The van der Waals surface area contributed by atoms with E-state index in [-0.39, 0.29) is 17.4 Å². The van der Waals surface area contributed by atoms with Gasteiger partial charge in [-0.1, -0.05) is 13.8 Å². The molecule has 0 saturated heterocycles. The van der Waals surface area contributed by atoms with Crippen LogP contribution >= 0.6 is 0 Å². The van der Waals surface area contributed by atoms with E-state index in [9.17, 15) is 13.5 Å². The van der Waals surface area contributed by atoms with Gasteiger partial charge in [0.05, 0.1) is 18.1 Å². The van der Waals surface area contributed by atoms with E-state index in [1.165, 1.54) is 12.1 Å². The molecular formula is C13H21NO4S. The van der Waals surface area contributed by atoms with Crippen LogP contribution in [0.1, 0.15) is 20.8 Å². The Balaban J connectivity index is 2.87. The topological polar surface area (TPSA) is 75.6 Å². The maximum absolute atomic E-state index is 12.1. The Hall–Kier alpha value is -1.11. The molecule has 5 nitrogen and oxygen atoms in total. The SMILES string of the molecule is CCOc1ccc(S(=O)(=O)N[C@H](CO)C(C)C)cc1. The molecule has 0 radical (unpaired) electrons. The fourth-order valence-corrected chi connectivity index (χ4v) is 2.91. The highest BCUT2D eigenvalue weighted by Crippen LogP contribution is 2.17. The summed E-state index contributed by atoms with van der Waals surface area (Å²) in [6, 6.07) is 5.71. The molecule has 0 amide bonds. The quantitative estimate of drug-likeness (QED) is 0.794. The first kappa shape index (κ1) is 15.9. The number of hydrogen-bond donors (Lipinski definition) is 2. The van der Waals surface area contributed by atoms with Gasteiger partial charge in [-0.2, -0.15) is 0 Å². The smallest absolute Gasteiger partial charge is 0.240 e. The minimum Gasteiger partial charge on any atom is -0.494 e. The van der Waals surface area contributed by atoms with Crippen molar-refractivity contribution >= 4 is 10.0 Å². The Morgan fingerprint density at radius 3 is 2.26 bits per heavy atom. The van der Waals surface area contributed by atoms with E-state index in [2.05, 4.69) is 4.72 Å². The van der Waals surface area contributed by atoms with Crippen LogP contribution in [0.5, 0.6) is 5.75 Å². The van der Waals surface area contributed by atoms with Crippen molar-refractivity contribution < 1.29 is 18.3 Å². The molecule has 1 rings (SSSR count). The summed E-state index contributed by atoms with van der Waals surface area (Å²) in [5, 5.41) is 9.17. The maximum atomic E-state index is 12.1. The van der Waals surface area contributed by atoms with Crippen LogP contribution in [0.4, 0.5) is 0 Å². The number of sulfonamides is 1. The number of hydrogen-bond acceptors (Lipinski definition) is 4. The van der Waals surface area contributed by atoms with Gasteiger partial charge < -0.3 is 9.84 Å². The Morgan fingerprint density at radius 2 is 1.84 bits per heavy atom. The first-order valence-corrected chi connectivity index (χ1v) is 7.75. The Kier molecular flexibility index (Phi) is 5.78. The fraction of sp³-hybridized carbons (Fsp3) is 0.538. The summed E-state index contributed by atoms with van der Waals surface area (Å²) in [5.41, 5.74) is 0. The van der Waals surface area contributed by atoms with Gasteiger partial charge in [0.2, 0.25) is 10.0 Å². The first-order chi connectivity index (χ1) is 8.90. The minimum absolute atomic E-state index is 0.0162. The van der Waals surface area contributed by atoms with Crippen molar-refractivity contribution in [3.8, 4) is 5.75 Å². The van der Waals surface area contributed by atoms with E-state index < -0.39 is 16.1 Å². The van der Waals surface area contributed by atoms with Gasteiger partial charge in [0.25, 0.3) is 0 Å². The lowest BCUT2D eigenvalue weighted by molar-refractivity contribution is 0.227. The summed E-state index contributed by atoms with van der Waals surface area (Å²) in [6.07, 6.45) is 0. The maximum Gasteiger partial charge on any atom is 0.240 e. The third kappa shape index (κ3) is 4.49. The van der Waals surface area contributed by atoms with Crippen molar-refractivity contribution in [3.05, 3.63) is 24.3 Å². The second-order valence-electron chi connectivity index (χ2n) is 4.56. The zero-order valence-electron chi connectivity index (χ0n) is 11.5. The second kappa shape index (κ2) is 6.88. The van der Waals surface area contributed by atoms with E-state index in [0.29, 0.717) is 12.4 Å². The molecule has 19 heavy (non-hydrogen) atoms. The van der Waals surface area contributed by atoms with Crippen LogP contribution in [0.3, 0.4) is 0 Å². The molecule has 0 aliphatic heterocycles. The van der Waals surface area contributed by atoms with Crippen LogP contribution in [-0.2, 0) is 10.0 Å². The van der Waals surface area contributed by atoms with Gasteiger partial charge in [0.15, 0.2) is 0 Å². The van der Waals surface area contributed by atoms with Crippen molar-refractivity contribution in [2.75, 3.05) is 13.2 Å². The predicted octanol–water partition coefficient (Wildman–Crippen LogP) is 1.38. The number of aliphatic hydroxyl groups excluding tert-OH is 1. The van der Waals surface area contributed by atoms with Crippen LogP contribution < -0.4 is 9.46 Å². The van der Waals surface area contributed by atoms with Gasteiger partial charge >= 0.3 is 0 Å². The van der Waals surface area contributed by atoms with Gasteiger partial charge in [0.1, 0.15) is 5.75 Å². The molecule has 0 bridgehead atoms. The molecule has 0 unspecified atom stereocenters. The standard InChI is InChI=1S/C13H21NO4S/c1-4-18-11-5-7-12(8-6-11)19(16,17)14-13(9-15)10(2)3/h5-8,10,13-15H,4,9H2,1-3H3/t13-/m1/s1. The van der Waals surface area contributed by atoms with E-state index >= 15 is 0 Å². The van der Waals surface area contributed by atoms with Crippen molar-refractivity contribution in [2.45, 2.75) is 31.7 Å². The molecule has 0 heterocycles. The van der Waals surface area contributed by atoms with E-state index in [0.717, 1.165) is 0 Å². The van der Waals surface area contributed by atoms with Crippen LogP contribution in [-0.4, -0.2) is 32.8 Å². The number of ether oxygens (including phenoxy) is 1. The summed E-state index contributed by atoms with van der Waals surface area (Å²) in [6.45, 7) is 5.86. The van der Waals surface area contributed by atoms with Crippen molar-refractivity contribution in [3.63, 3.8) is 0 Å². The van der Waals surface area contributed by atoms with Gasteiger partial charge in [-0.05, 0) is 37.1 Å². The molecule has 0 aromatic heterocycles. The second-order valence-corrected chi connectivity index (χ2v) is 6.27. The molecule has 108 valence electrons. The predicted molar refractivity (Wildman–Crippen MR) is 73.6 cm³/mol. The molecule has 0 spiro atoms. The Labute approximate surface area is 114 Å². The average molecular weight is 287 g/mol. The van der Waals surface area contributed by atoms with Gasteiger partial charge in [-0.3, -0.25) is 0 Å². The summed E-state index contributed by atoms with van der Waals surface area (Å²) < 4.78 is 32.0. The molecule has 0 aliphatic carbocycles. The van der Waals surface area contributed by atoms with E-state index in [1.54, 1.807) is 12.1 Å². The molecule has 0 fully saturated rings. The summed E-state index contributed by atoms with van der Waals surface area (Å²) >= 11 is 0. The normalized spacial score (nSPS) is 13.5. The van der Waals surface area contributed by atoms with Crippen LogP contribution in [0, 0.1) is 5.92 Å². The Morgan fingerprint density at radius 1 is 1.26 bits per heavy atom. The van der Waals surface area contributed by atoms with Crippen molar-refractivity contribution in [1.82, 2.24) is 4.72 Å². The van der Waals surface area contributed by atoms with Crippen LogP contribution in [0.2, 0.25) is 0 Å². The van der Waals surface area contributed by atoms with E-state index in [4.69, 9.17) is 4.74 Å². The highest BCUT2D eigenvalue weighted by atomic mass is 32.2. The number of aliphatic hydroxyl groups is 1. The lowest BCUT2D eigenvalue weighted by atomic mass is 10.1. The van der Waals surface area contributed by atoms with E-state index in [1.807, 2.05) is 20.8 Å². The fourth-order valence-electron chi connectivity index (χ4n) is 1.53. The average Bonchev–Trinajstić information content (AvgIpc) is 2.37. The zero-order valence-corrected chi connectivity index (χ0v) is 12.3. The molecule has 1 aromatic rings. The van der Waals surface area contributed by atoms with Crippen LogP contribution in [0.25, 0.3) is 0 Å². The molecule has 1 aromatic carbocycles. The Bertz CT molecular complexity index is 482. The van der Waals surface area contributed by atoms with Gasteiger partial charge in [0, 0.05) is 6.04 Å². The molecular weight excluding hydrogens is 266 g/mol. The van der Waals surface area contributed by atoms with Crippen molar-refractivity contribution in [1.29, 1.82) is 0 Å². The number of benzene rings is 1. The lowest BCUT2D eigenvalue weighted by Gasteiger charge is -2.19. The molecule has 6 heteroatoms. The third-order valence-electron chi connectivity index (χ3n) is 2.75. The third-order valence-corrected chi connectivity index (χ3v) is 4.26. The van der Waals surface area contributed by atoms with Crippen LogP contribution in [0.15, 0.2) is 29.2 Å². The highest BCUT2D eigenvalue weighted by molar-refractivity contribution is 7.89. The van der Waals surface area contributed by atoms with Gasteiger partial charge in [-0.15, -0.1) is 0 Å². The molecule has 2 N–H and O–H groups in total. The lowest BCUT2D eigenvalue weighted by Crippen LogP contribution is -2.41. The molecule has 0 aliphatic rings. The summed E-state index contributed by atoms with van der Waals surface area (Å²) in [7, 11) is -3.61. The monoisotopic (exact) mass is 287 g/mol. The number of nitrogens with one attached hydrogen (secondary N) is 1. The van der Waals surface area contributed by atoms with Gasteiger partial charge in [-0.25, -0.2) is 13.1 Å². The first-order valence-electron chi connectivity index (χ1n) is 6.26.